The van der Waals surface area contributed by atoms with Gasteiger partial charge in [-0.25, -0.2) is 0 Å². The molecular formula is C12H17N3O4. The summed E-state index contributed by atoms with van der Waals surface area (Å²) in [4.78, 5) is 22.9. The minimum absolute atomic E-state index is 0.111. The molecule has 1 aromatic heterocycles. The van der Waals surface area contributed by atoms with Crippen molar-refractivity contribution >= 4 is 11.8 Å². The maximum Gasteiger partial charge on any atom is 0.433 e. The van der Waals surface area contributed by atoms with E-state index in [1.165, 1.54) is 6.07 Å². The Morgan fingerprint density at radius 1 is 1.53 bits per heavy atom. The molecule has 2 heterocycles. The highest BCUT2D eigenvalue weighted by molar-refractivity contribution is 5.73. The molecule has 0 radical (unpaired) electrons. The number of piperidine rings is 1. The van der Waals surface area contributed by atoms with E-state index in [1.807, 2.05) is 4.90 Å². The number of nitrogens with zero attached hydrogens (tertiary/aromatic N) is 2. The summed E-state index contributed by atoms with van der Waals surface area (Å²) >= 11 is 0. The molecule has 7 nitrogen and oxygen atoms in total. The Morgan fingerprint density at radius 3 is 2.74 bits per heavy atom. The Kier molecular flexibility index (Phi) is 4.16. The summed E-state index contributed by atoms with van der Waals surface area (Å²) in [6.07, 6.45) is 1.78. The number of hydrogen-bond acceptors (Lipinski definition) is 5. The smallest absolute Gasteiger partial charge is 0.404 e. The molecular weight excluding hydrogens is 250 g/mol. The van der Waals surface area contributed by atoms with Crippen LogP contribution in [-0.2, 0) is 11.3 Å². The Hall–Kier alpha value is -1.89. The van der Waals surface area contributed by atoms with Gasteiger partial charge in [0, 0.05) is 26.1 Å². The second kappa shape index (κ2) is 5.83. The zero-order valence-electron chi connectivity index (χ0n) is 10.8. The first-order chi connectivity index (χ1) is 9.06. The van der Waals surface area contributed by atoms with Crippen LogP contribution in [0.2, 0.25) is 0 Å². The van der Waals surface area contributed by atoms with E-state index >= 15 is 0 Å². The molecule has 1 N–H and O–H groups in total. The van der Waals surface area contributed by atoms with Gasteiger partial charge in [0.1, 0.15) is 10.7 Å². The summed E-state index contributed by atoms with van der Waals surface area (Å²) in [7, 11) is 0. The highest BCUT2D eigenvalue weighted by Gasteiger charge is 2.20. The van der Waals surface area contributed by atoms with Gasteiger partial charge in [-0.1, -0.05) is 0 Å². The van der Waals surface area contributed by atoms with Crippen molar-refractivity contribution in [3.8, 4) is 0 Å². The van der Waals surface area contributed by atoms with Gasteiger partial charge in [-0.3, -0.25) is 14.9 Å². The molecule has 0 aliphatic carbocycles. The molecule has 1 aromatic rings. The third-order valence-corrected chi connectivity index (χ3v) is 3.33. The van der Waals surface area contributed by atoms with E-state index in [2.05, 4.69) is 5.32 Å². The molecule has 1 aliphatic rings. The Balaban J connectivity index is 1.77. The third kappa shape index (κ3) is 3.54. The molecule has 0 aromatic carbocycles. The van der Waals surface area contributed by atoms with Gasteiger partial charge in [0.25, 0.3) is 0 Å². The van der Waals surface area contributed by atoms with E-state index in [1.54, 1.807) is 13.0 Å². The van der Waals surface area contributed by atoms with Gasteiger partial charge in [-0.2, -0.15) is 0 Å². The Morgan fingerprint density at radius 2 is 2.21 bits per heavy atom. The van der Waals surface area contributed by atoms with Gasteiger partial charge in [-0.05, 0) is 18.9 Å². The molecule has 1 saturated heterocycles. The minimum Gasteiger partial charge on any atom is -0.404 e. The summed E-state index contributed by atoms with van der Waals surface area (Å²) < 4.78 is 5.07. The largest absolute Gasteiger partial charge is 0.433 e. The summed E-state index contributed by atoms with van der Waals surface area (Å²) in [5.41, 5.74) is 0. The first-order valence-electron chi connectivity index (χ1n) is 6.28. The van der Waals surface area contributed by atoms with Crippen molar-refractivity contribution in [3.05, 3.63) is 28.0 Å². The third-order valence-electron chi connectivity index (χ3n) is 3.33. The fourth-order valence-electron chi connectivity index (χ4n) is 2.20. The lowest BCUT2D eigenvalue weighted by atomic mass is 10.1. The normalized spacial score (nSPS) is 16.6. The SMILES string of the molecule is CC(=O)N1CCC(NCc2ccc([N+](=O)[O-])o2)CC1. The lowest BCUT2D eigenvalue weighted by Crippen LogP contribution is -2.43. The predicted octanol–water partition coefficient (Wildman–Crippen LogP) is 1.29. The maximum absolute atomic E-state index is 11.2. The first-order valence-corrected chi connectivity index (χ1v) is 6.28. The Bertz CT molecular complexity index is 463. The lowest BCUT2D eigenvalue weighted by Gasteiger charge is -2.31. The number of nitro groups is 1. The predicted molar refractivity (Wildman–Crippen MR) is 67.5 cm³/mol. The van der Waals surface area contributed by atoms with Crippen molar-refractivity contribution in [2.24, 2.45) is 0 Å². The number of likely N-dealkylation sites (tertiary alicyclic amines) is 1. The number of carbonyl (C=O) groups is 1. The quantitative estimate of drug-likeness (QED) is 0.656. The van der Waals surface area contributed by atoms with Crippen LogP contribution in [0.5, 0.6) is 0 Å². The number of carbonyl (C=O) groups excluding carboxylic acids is 1. The standard InChI is InChI=1S/C12H17N3O4/c1-9(16)14-6-4-10(5-7-14)13-8-11-2-3-12(19-11)15(17)18/h2-3,10,13H,4-8H2,1H3. The highest BCUT2D eigenvalue weighted by atomic mass is 16.6. The van der Waals surface area contributed by atoms with Crippen LogP contribution in [0.4, 0.5) is 5.88 Å². The van der Waals surface area contributed by atoms with Crippen LogP contribution in [0.15, 0.2) is 16.5 Å². The van der Waals surface area contributed by atoms with Crippen LogP contribution < -0.4 is 5.32 Å². The van der Waals surface area contributed by atoms with Crippen LogP contribution in [0.3, 0.4) is 0 Å². The van der Waals surface area contributed by atoms with Gasteiger partial charge in [0.05, 0.1) is 12.6 Å². The van der Waals surface area contributed by atoms with Crippen molar-refractivity contribution in [2.75, 3.05) is 13.1 Å². The highest BCUT2D eigenvalue weighted by Crippen LogP contribution is 2.16. The summed E-state index contributed by atoms with van der Waals surface area (Å²) in [5, 5.41) is 13.8. The minimum atomic E-state index is -0.547. The molecule has 0 atom stereocenters. The number of amides is 1. The van der Waals surface area contributed by atoms with Crippen molar-refractivity contribution in [1.82, 2.24) is 10.2 Å². The van der Waals surface area contributed by atoms with Gasteiger partial charge in [0.2, 0.25) is 5.91 Å². The summed E-state index contributed by atoms with van der Waals surface area (Å²) in [6.45, 7) is 3.56. The topological polar surface area (TPSA) is 88.6 Å². The van der Waals surface area contributed by atoms with E-state index in [0.29, 0.717) is 18.3 Å². The van der Waals surface area contributed by atoms with Gasteiger partial charge < -0.3 is 14.6 Å². The van der Waals surface area contributed by atoms with Gasteiger partial charge in [0.15, 0.2) is 0 Å². The molecule has 7 heteroatoms. The van der Waals surface area contributed by atoms with Crippen molar-refractivity contribution < 1.29 is 14.1 Å². The molecule has 104 valence electrons. The molecule has 1 amide bonds. The average Bonchev–Trinajstić information content (AvgIpc) is 2.86. The maximum atomic E-state index is 11.2. The van der Waals surface area contributed by atoms with Crippen LogP contribution in [0, 0.1) is 10.1 Å². The first kappa shape index (κ1) is 13.5. The van der Waals surface area contributed by atoms with Crippen LogP contribution in [0.25, 0.3) is 0 Å². The van der Waals surface area contributed by atoms with E-state index in [4.69, 9.17) is 4.42 Å². The summed E-state index contributed by atoms with van der Waals surface area (Å²) in [6, 6.07) is 3.28. The fourth-order valence-corrected chi connectivity index (χ4v) is 2.20. The molecule has 1 fully saturated rings. The lowest BCUT2D eigenvalue weighted by molar-refractivity contribution is -0.402. The fraction of sp³-hybridized carbons (Fsp3) is 0.583. The molecule has 0 unspecified atom stereocenters. The number of rotatable bonds is 4. The van der Waals surface area contributed by atoms with Crippen LogP contribution in [-0.4, -0.2) is 34.9 Å². The second-order valence-corrected chi connectivity index (χ2v) is 4.66. The van der Waals surface area contributed by atoms with Crippen molar-refractivity contribution in [3.63, 3.8) is 0 Å². The molecule has 1 aliphatic heterocycles. The van der Waals surface area contributed by atoms with Gasteiger partial charge in [-0.15, -0.1) is 0 Å². The monoisotopic (exact) mass is 267 g/mol. The Labute approximate surface area is 110 Å². The molecule has 19 heavy (non-hydrogen) atoms. The average molecular weight is 267 g/mol. The van der Waals surface area contributed by atoms with Crippen LogP contribution >= 0.6 is 0 Å². The summed E-state index contributed by atoms with van der Waals surface area (Å²) in [5.74, 6) is 0.434. The van der Waals surface area contributed by atoms with Crippen LogP contribution in [0.1, 0.15) is 25.5 Å². The zero-order chi connectivity index (χ0) is 13.8. The van der Waals surface area contributed by atoms with Gasteiger partial charge >= 0.3 is 5.88 Å². The van der Waals surface area contributed by atoms with E-state index < -0.39 is 4.92 Å². The number of furan rings is 1. The van der Waals surface area contributed by atoms with E-state index in [9.17, 15) is 14.9 Å². The molecule has 0 spiro atoms. The molecule has 0 bridgehead atoms. The zero-order valence-corrected chi connectivity index (χ0v) is 10.8. The number of hydrogen-bond donors (Lipinski definition) is 1. The van der Waals surface area contributed by atoms with Crippen molar-refractivity contribution in [1.29, 1.82) is 0 Å². The molecule has 2 rings (SSSR count). The molecule has 0 saturated carbocycles. The van der Waals surface area contributed by atoms with E-state index in [-0.39, 0.29) is 11.8 Å². The second-order valence-electron chi connectivity index (χ2n) is 4.66. The van der Waals surface area contributed by atoms with E-state index in [0.717, 1.165) is 25.9 Å². The van der Waals surface area contributed by atoms with Crippen molar-refractivity contribution in [2.45, 2.75) is 32.4 Å². The number of nitrogens with one attached hydrogen (secondary N) is 1.